The summed E-state index contributed by atoms with van der Waals surface area (Å²) in [6, 6.07) is 17.2. The highest BCUT2D eigenvalue weighted by molar-refractivity contribution is 5.99. The number of para-hydroxylation sites is 2. The Morgan fingerprint density at radius 3 is 2.24 bits per heavy atom. The van der Waals surface area contributed by atoms with Gasteiger partial charge in [-0.1, -0.05) is 50.2 Å². The predicted molar refractivity (Wildman–Crippen MR) is 96.1 cm³/mol. The first-order valence-electron chi connectivity index (χ1n) is 8.35. The summed E-state index contributed by atoms with van der Waals surface area (Å²) in [6.45, 7) is 4.15. The normalized spacial score (nSPS) is 13.1. The Labute approximate surface area is 146 Å². The van der Waals surface area contributed by atoms with Gasteiger partial charge in [-0.25, -0.2) is 0 Å². The highest BCUT2D eigenvalue weighted by atomic mass is 16.5. The molecule has 0 unspecified atom stereocenters. The van der Waals surface area contributed by atoms with Gasteiger partial charge in [-0.15, -0.1) is 0 Å². The molecular weight excluding hydrogens is 314 g/mol. The van der Waals surface area contributed by atoms with Crippen LogP contribution in [0, 0.1) is 0 Å². The van der Waals surface area contributed by atoms with Crippen molar-refractivity contribution in [3.63, 3.8) is 0 Å². The van der Waals surface area contributed by atoms with Gasteiger partial charge in [0.25, 0.3) is 0 Å². The van der Waals surface area contributed by atoms with E-state index in [1.165, 1.54) is 0 Å². The van der Waals surface area contributed by atoms with Crippen molar-refractivity contribution in [1.82, 2.24) is 10.2 Å². The number of nitrogens with one attached hydrogen (secondary N) is 2. The molecule has 0 saturated heterocycles. The summed E-state index contributed by atoms with van der Waals surface area (Å²) < 4.78 is 5.94. The molecule has 1 aliphatic rings. The fraction of sp³-hybridized carbons (Fsp3) is 0.200. The second-order valence-corrected chi connectivity index (χ2v) is 6.46. The van der Waals surface area contributed by atoms with Crippen LogP contribution in [-0.4, -0.2) is 16.1 Å². The Hall–Kier alpha value is -3.08. The lowest BCUT2D eigenvalue weighted by molar-refractivity contribution is -0.116. The molecule has 0 radical (unpaired) electrons. The number of benzene rings is 2. The lowest BCUT2D eigenvalue weighted by Gasteiger charge is -2.27. The molecule has 5 nitrogen and oxygen atoms in total. The second-order valence-electron chi connectivity index (χ2n) is 6.46. The van der Waals surface area contributed by atoms with Crippen molar-refractivity contribution >= 4 is 11.7 Å². The van der Waals surface area contributed by atoms with Gasteiger partial charge >= 0.3 is 0 Å². The molecule has 0 atom stereocenters. The summed E-state index contributed by atoms with van der Waals surface area (Å²) in [4.78, 5) is 13.1. The van der Waals surface area contributed by atoms with Gasteiger partial charge in [-0.2, -0.15) is 5.10 Å². The first-order chi connectivity index (χ1) is 12.1. The molecule has 0 saturated carbocycles. The predicted octanol–water partition coefficient (Wildman–Crippen LogP) is 4.41. The molecule has 4 rings (SSSR count). The molecule has 0 bridgehead atoms. The van der Waals surface area contributed by atoms with Gasteiger partial charge < -0.3 is 10.1 Å². The third kappa shape index (κ3) is 2.78. The highest BCUT2D eigenvalue weighted by Crippen LogP contribution is 2.44. The van der Waals surface area contributed by atoms with Crippen LogP contribution < -0.4 is 10.1 Å². The van der Waals surface area contributed by atoms with Crippen LogP contribution in [-0.2, 0) is 4.79 Å². The van der Waals surface area contributed by atoms with Crippen molar-refractivity contribution in [3.8, 4) is 11.5 Å². The highest BCUT2D eigenvalue weighted by Gasteiger charge is 2.32. The number of hydrogen-bond donors (Lipinski definition) is 2. The van der Waals surface area contributed by atoms with Crippen LogP contribution in [0.25, 0.3) is 0 Å². The number of fused-ring (bicyclic) bond motifs is 2. The van der Waals surface area contributed by atoms with Crippen LogP contribution in [0.5, 0.6) is 11.5 Å². The van der Waals surface area contributed by atoms with Crippen LogP contribution in [0.1, 0.15) is 42.5 Å². The minimum atomic E-state index is -0.430. The molecule has 0 fully saturated rings. The van der Waals surface area contributed by atoms with E-state index in [0.717, 1.165) is 16.8 Å². The number of carbonyl (C=O) groups excluding carboxylic acids is 1. The van der Waals surface area contributed by atoms with E-state index in [-0.39, 0.29) is 5.91 Å². The SMILES string of the molecule is CC(C)c1cc(NC(=O)C2c3ccccc3Oc3ccccc32)n[nH]1. The zero-order valence-electron chi connectivity index (χ0n) is 14.1. The van der Waals surface area contributed by atoms with Gasteiger partial charge in [-0.05, 0) is 18.1 Å². The Morgan fingerprint density at radius 1 is 1.08 bits per heavy atom. The fourth-order valence-electron chi connectivity index (χ4n) is 3.09. The summed E-state index contributed by atoms with van der Waals surface area (Å²) in [5.74, 6) is 1.74. The number of ether oxygens (including phenoxy) is 1. The minimum absolute atomic E-state index is 0.120. The average molecular weight is 333 g/mol. The number of rotatable bonds is 3. The summed E-state index contributed by atoms with van der Waals surface area (Å²) in [5, 5.41) is 10.1. The molecular formula is C20H19N3O2. The van der Waals surface area contributed by atoms with Gasteiger partial charge in [0.2, 0.25) is 5.91 Å². The summed E-state index contributed by atoms with van der Waals surface area (Å²) >= 11 is 0. The first kappa shape index (κ1) is 15.4. The Kier molecular flexibility index (Phi) is 3.76. The number of nitrogens with zero attached hydrogens (tertiary/aromatic N) is 1. The van der Waals surface area contributed by atoms with Gasteiger partial charge in [0.05, 0.1) is 5.92 Å². The number of amides is 1. The summed E-state index contributed by atoms with van der Waals surface area (Å²) in [6.07, 6.45) is 0. The molecule has 0 spiro atoms. The molecule has 126 valence electrons. The van der Waals surface area contributed by atoms with E-state index in [9.17, 15) is 4.79 Å². The van der Waals surface area contributed by atoms with Crippen LogP contribution in [0.3, 0.4) is 0 Å². The Morgan fingerprint density at radius 2 is 1.68 bits per heavy atom. The maximum atomic E-state index is 13.1. The zero-order valence-corrected chi connectivity index (χ0v) is 14.1. The fourth-order valence-corrected chi connectivity index (χ4v) is 3.09. The number of aromatic amines is 1. The van der Waals surface area contributed by atoms with Gasteiger partial charge in [0.15, 0.2) is 5.82 Å². The second kappa shape index (κ2) is 6.09. The van der Waals surface area contributed by atoms with E-state index >= 15 is 0 Å². The quantitative estimate of drug-likeness (QED) is 0.746. The molecule has 3 aromatic rings. The van der Waals surface area contributed by atoms with Gasteiger partial charge in [-0.3, -0.25) is 9.89 Å². The number of carbonyl (C=O) groups is 1. The standard InChI is InChI=1S/C20H19N3O2/c1-12(2)15-11-18(23-22-15)21-20(24)19-13-7-3-5-9-16(13)25-17-10-6-4-8-14(17)19/h3-12,19H,1-2H3,(H2,21,22,23,24). The first-order valence-corrected chi connectivity index (χ1v) is 8.35. The maximum Gasteiger partial charge on any atom is 0.237 e. The lowest BCUT2D eigenvalue weighted by atomic mass is 9.87. The van der Waals surface area contributed by atoms with Crippen molar-refractivity contribution in [2.75, 3.05) is 5.32 Å². The van der Waals surface area contributed by atoms with Crippen molar-refractivity contribution < 1.29 is 9.53 Å². The number of H-pyrrole nitrogens is 1. The lowest BCUT2D eigenvalue weighted by Crippen LogP contribution is -2.25. The molecule has 2 N–H and O–H groups in total. The molecule has 2 heterocycles. The topological polar surface area (TPSA) is 67.0 Å². The minimum Gasteiger partial charge on any atom is -0.457 e. The van der Waals surface area contributed by atoms with Crippen molar-refractivity contribution in [2.45, 2.75) is 25.7 Å². The van der Waals surface area contributed by atoms with E-state index in [1.54, 1.807) is 0 Å². The van der Waals surface area contributed by atoms with Crippen LogP contribution in [0.15, 0.2) is 54.6 Å². The Bertz CT molecular complexity index is 884. The molecule has 2 aromatic carbocycles. The van der Waals surface area contributed by atoms with E-state index in [1.807, 2.05) is 54.6 Å². The number of anilines is 1. The average Bonchev–Trinajstić information content (AvgIpc) is 3.08. The van der Waals surface area contributed by atoms with Crippen LogP contribution >= 0.6 is 0 Å². The third-order valence-corrected chi connectivity index (χ3v) is 4.41. The van der Waals surface area contributed by atoms with E-state index in [0.29, 0.717) is 23.2 Å². The summed E-state index contributed by atoms with van der Waals surface area (Å²) in [5.41, 5.74) is 2.71. The van der Waals surface area contributed by atoms with E-state index in [4.69, 9.17) is 4.74 Å². The van der Waals surface area contributed by atoms with Crippen LogP contribution in [0.4, 0.5) is 5.82 Å². The maximum absolute atomic E-state index is 13.1. The van der Waals surface area contributed by atoms with Gasteiger partial charge in [0.1, 0.15) is 11.5 Å². The largest absolute Gasteiger partial charge is 0.457 e. The molecule has 1 amide bonds. The van der Waals surface area contributed by atoms with Crippen LogP contribution in [0.2, 0.25) is 0 Å². The smallest absolute Gasteiger partial charge is 0.237 e. The Balaban J connectivity index is 1.70. The molecule has 25 heavy (non-hydrogen) atoms. The van der Waals surface area contributed by atoms with Crippen molar-refractivity contribution in [2.24, 2.45) is 0 Å². The molecule has 5 heteroatoms. The molecule has 1 aliphatic heterocycles. The van der Waals surface area contributed by atoms with E-state index in [2.05, 4.69) is 29.4 Å². The zero-order chi connectivity index (χ0) is 17.4. The van der Waals surface area contributed by atoms with Gasteiger partial charge in [0, 0.05) is 22.9 Å². The molecule has 1 aromatic heterocycles. The third-order valence-electron chi connectivity index (χ3n) is 4.41. The van der Waals surface area contributed by atoms with E-state index < -0.39 is 5.92 Å². The monoisotopic (exact) mass is 333 g/mol. The van der Waals surface area contributed by atoms with Crippen molar-refractivity contribution in [1.29, 1.82) is 0 Å². The molecule has 0 aliphatic carbocycles. The number of aromatic nitrogens is 2. The number of hydrogen-bond acceptors (Lipinski definition) is 3. The van der Waals surface area contributed by atoms with Crippen molar-refractivity contribution in [3.05, 3.63) is 71.4 Å². The summed E-state index contributed by atoms with van der Waals surface area (Å²) in [7, 11) is 0.